The smallest absolute Gasteiger partial charge is 0.0815 e. The normalized spacial score (nSPS) is 16.2. The van der Waals surface area contributed by atoms with E-state index in [-0.39, 0.29) is 0 Å². The number of hydrogen-bond donors (Lipinski definition) is 1. The van der Waals surface area contributed by atoms with Crippen LogP contribution in [0.15, 0.2) is 36.5 Å². The van der Waals surface area contributed by atoms with Crippen molar-refractivity contribution in [3.63, 3.8) is 0 Å². The molecule has 1 heterocycles. The second-order valence-corrected chi connectivity index (χ2v) is 6.57. The van der Waals surface area contributed by atoms with Gasteiger partial charge in [-0.25, -0.2) is 0 Å². The van der Waals surface area contributed by atoms with Gasteiger partial charge in [0.05, 0.1) is 18.3 Å². The van der Waals surface area contributed by atoms with E-state index < -0.39 is 0 Å². The predicted octanol–water partition coefficient (Wildman–Crippen LogP) is 4.61. The van der Waals surface area contributed by atoms with E-state index in [1.807, 2.05) is 0 Å². The number of rotatable bonds is 4. The fourth-order valence-corrected chi connectivity index (χ4v) is 3.39. The van der Waals surface area contributed by atoms with Crippen LogP contribution in [0.4, 0.5) is 5.69 Å². The molecule has 2 aromatic rings. The largest absolute Gasteiger partial charge is 0.378 e. The fourth-order valence-electron chi connectivity index (χ4n) is 2.81. The highest BCUT2D eigenvalue weighted by Gasteiger charge is 2.15. The minimum absolute atomic E-state index is 0.620. The maximum atomic E-state index is 4.73. The lowest BCUT2D eigenvalue weighted by Gasteiger charge is -2.21. The molecule has 20 heavy (non-hydrogen) atoms. The first-order valence-corrected chi connectivity index (χ1v) is 8.43. The summed E-state index contributed by atoms with van der Waals surface area (Å²) < 4.78 is 3.42. The maximum absolute atomic E-state index is 4.73. The SMILES string of the molecule is Ic1ccccc1NCc1ccn(C2CCCCC2)n1. The molecule has 0 amide bonds. The van der Waals surface area contributed by atoms with E-state index in [1.54, 1.807) is 0 Å². The molecule has 0 aliphatic heterocycles. The van der Waals surface area contributed by atoms with E-state index in [1.165, 1.54) is 41.4 Å². The molecule has 1 N–H and O–H groups in total. The van der Waals surface area contributed by atoms with Gasteiger partial charge in [0.15, 0.2) is 0 Å². The zero-order valence-corrected chi connectivity index (χ0v) is 13.7. The summed E-state index contributed by atoms with van der Waals surface area (Å²) in [6, 6.07) is 11.1. The minimum atomic E-state index is 0.620. The van der Waals surface area contributed by atoms with Crippen molar-refractivity contribution in [3.05, 3.63) is 45.8 Å². The molecule has 1 fully saturated rings. The third-order valence-corrected chi connectivity index (χ3v) is 4.89. The molecule has 3 nitrogen and oxygen atoms in total. The molecule has 1 saturated carbocycles. The molecular formula is C16H20IN3. The Hall–Kier alpha value is -1.04. The van der Waals surface area contributed by atoms with Gasteiger partial charge in [0.25, 0.3) is 0 Å². The van der Waals surface area contributed by atoms with Crippen LogP contribution in [0.25, 0.3) is 0 Å². The molecule has 1 aliphatic rings. The lowest BCUT2D eigenvalue weighted by molar-refractivity contribution is 0.328. The van der Waals surface area contributed by atoms with Crippen LogP contribution in [-0.4, -0.2) is 9.78 Å². The number of anilines is 1. The van der Waals surface area contributed by atoms with Gasteiger partial charge in [0.1, 0.15) is 0 Å². The quantitative estimate of drug-likeness (QED) is 0.785. The summed E-state index contributed by atoms with van der Waals surface area (Å²) in [6.45, 7) is 0.791. The zero-order valence-electron chi connectivity index (χ0n) is 11.6. The van der Waals surface area contributed by atoms with Crippen LogP contribution in [0.3, 0.4) is 0 Å². The van der Waals surface area contributed by atoms with E-state index >= 15 is 0 Å². The summed E-state index contributed by atoms with van der Waals surface area (Å²) in [5.74, 6) is 0. The number of para-hydroxylation sites is 1. The van der Waals surface area contributed by atoms with Crippen molar-refractivity contribution in [3.8, 4) is 0 Å². The van der Waals surface area contributed by atoms with Crippen LogP contribution in [0.1, 0.15) is 43.8 Å². The average Bonchev–Trinajstić information content (AvgIpc) is 2.96. The molecule has 1 aromatic carbocycles. The van der Waals surface area contributed by atoms with Gasteiger partial charge in [0, 0.05) is 15.5 Å². The van der Waals surface area contributed by atoms with Crippen molar-refractivity contribution in [2.75, 3.05) is 5.32 Å². The number of nitrogens with one attached hydrogen (secondary N) is 1. The van der Waals surface area contributed by atoms with Gasteiger partial charge < -0.3 is 5.32 Å². The van der Waals surface area contributed by atoms with Crippen LogP contribution in [0.5, 0.6) is 0 Å². The van der Waals surface area contributed by atoms with E-state index in [4.69, 9.17) is 5.10 Å². The first-order chi connectivity index (χ1) is 9.83. The Bertz CT molecular complexity index is 558. The van der Waals surface area contributed by atoms with Gasteiger partial charge in [-0.1, -0.05) is 31.4 Å². The molecule has 0 radical (unpaired) electrons. The van der Waals surface area contributed by atoms with Gasteiger partial charge in [-0.05, 0) is 53.6 Å². The van der Waals surface area contributed by atoms with Crippen molar-refractivity contribution in [2.24, 2.45) is 0 Å². The standard InChI is InChI=1S/C16H20IN3/c17-15-8-4-5-9-16(15)18-12-13-10-11-20(19-13)14-6-2-1-3-7-14/h4-5,8-11,14,18H,1-3,6-7,12H2. The molecule has 0 atom stereocenters. The lowest BCUT2D eigenvalue weighted by atomic mass is 9.96. The number of aromatic nitrogens is 2. The number of hydrogen-bond acceptors (Lipinski definition) is 2. The maximum Gasteiger partial charge on any atom is 0.0815 e. The number of nitrogens with zero attached hydrogens (tertiary/aromatic N) is 2. The van der Waals surface area contributed by atoms with Gasteiger partial charge in [-0.3, -0.25) is 4.68 Å². The Kier molecular flexibility index (Phi) is 4.60. The molecular weight excluding hydrogens is 361 g/mol. The van der Waals surface area contributed by atoms with Crippen LogP contribution in [0.2, 0.25) is 0 Å². The van der Waals surface area contributed by atoms with Crippen molar-refractivity contribution in [1.82, 2.24) is 9.78 Å². The number of halogens is 1. The summed E-state index contributed by atoms with van der Waals surface area (Å²) in [7, 11) is 0. The lowest BCUT2D eigenvalue weighted by Crippen LogP contribution is -2.13. The molecule has 3 rings (SSSR count). The first-order valence-electron chi connectivity index (χ1n) is 7.35. The Morgan fingerprint density at radius 2 is 1.95 bits per heavy atom. The summed E-state index contributed by atoms with van der Waals surface area (Å²) in [5, 5.41) is 8.19. The van der Waals surface area contributed by atoms with Crippen molar-refractivity contribution >= 4 is 28.3 Å². The third-order valence-electron chi connectivity index (χ3n) is 3.95. The highest BCUT2D eigenvalue weighted by atomic mass is 127. The van der Waals surface area contributed by atoms with Gasteiger partial charge in [0.2, 0.25) is 0 Å². The summed E-state index contributed by atoms with van der Waals surface area (Å²) in [6.07, 6.45) is 8.79. The summed E-state index contributed by atoms with van der Waals surface area (Å²) >= 11 is 2.36. The Morgan fingerprint density at radius 1 is 1.15 bits per heavy atom. The molecule has 4 heteroatoms. The zero-order chi connectivity index (χ0) is 13.8. The summed E-state index contributed by atoms with van der Waals surface area (Å²) in [4.78, 5) is 0. The van der Waals surface area contributed by atoms with Crippen LogP contribution >= 0.6 is 22.6 Å². The fraction of sp³-hybridized carbons (Fsp3) is 0.438. The molecule has 106 valence electrons. The molecule has 0 bridgehead atoms. The first kappa shape index (κ1) is 13.9. The van der Waals surface area contributed by atoms with Gasteiger partial charge in [-0.15, -0.1) is 0 Å². The molecule has 0 saturated heterocycles. The van der Waals surface area contributed by atoms with Crippen molar-refractivity contribution < 1.29 is 0 Å². The second-order valence-electron chi connectivity index (χ2n) is 5.41. The topological polar surface area (TPSA) is 29.9 Å². The Balaban J connectivity index is 1.61. The highest BCUT2D eigenvalue weighted by molar-refractivity contribution is 14.1. The molecule has 0 unspecified atom stereocenters. The van der Waals surface area contributed by atoms with Gasteiger partial charge >= 0.3 is 0 Å². The molecule has 1 aromatic heterocycles. The van der Waals surface area contributed by atoms with E-state index in [0.29, 0.717) is 6.04 Å². The van der Waals surface area contributed by atoms with E-state index in [9.17, 15) is 0 Å². The molecule has 0 spiro atoms. The average molecular weight is 381 g/mol. The van der Waals surface area contributed by atoms with E-state index in [2.05, 4.69) is 69.1 Å². The predicted molar refractivity (Wildman–Crippen MR) is 90.8 cm³/mol. The Morgan fingerprint density at radius 3 is 2.75 bits per heavy atom. The minimum Gasteiger partial charge on any atom is -0.378 e. The summed E-state index contributed by atoms with van der Waals surface area (Å²) in [5.41, 5.74) is 2.30. The number of benzene rings is 1. The highest BCUT2D eigenvalue weighted by Crippen LogP contribution is 2.27. The van der Waals surface area contributed by atoms with Crippen LogP contribution < -0.4 is 5.32 Å². The second kappa shape index (κ2) is 6.61. The van der Waals surface area contributed by atoms with Gasteiger partial charge in [-0.2, -0.15) is 5.10 Å². The van der Waals surface area contributed by atoms with Crippen molar-refractivity contribution in [1.29, 1.82) is 0 Å². The van der Waals surface area contributed by atoms with Crippen LogP contribution in [0, 0.1) is 3.57 Å². The third kappa shape index (κ3) is 3.34. The van der Waals surface area contributed by atoms with E-state index in [0.717, 1.165) is 12.2 Å². The Labute approximate surface area is 133 Å². The monoisotopic (exact) mass is 381 g/mol. The molecule has 1 aliphatic carbocycles. The van der Waals surface area contributed by atoms with Crippen LogP contribution in [-0.2, 0) is 6.54 Å². The van der Waals surface area contributed by atoms with Crippen molar-refractivity contribution in [2.45, 2.75) is 44.7 Å².